The van der Waals surface area contributed by atoms with E-state index in [1.54, 1.807) is 0 Å². The zero-order chi connectivity index (χ0) is 16.8. The van der Waals surface area contributed by atoms with E-state index in [4.69, 9.17) is 5.11 Å². The number of alkyl halides is 3. The quantitative estimate of drug-likeness (QED) is 0.812. The first-order chi connectivity index (χ1) is 10.3. The molecule has 0 bridgehead atoms. The summed E-state index contributed by atoms with van der Waals surface area (Å²) in [5, 5.41) is 11.5. The molecule has 1 aromatic heterocycles. The first-order valence-electron chi connectivity index (χ1n) is 7.17. The van der Waals surface area contributed by atoms with Crippen LogP contribution < -0.4 is 5.32 Å². The fourth-order valence-electron chi connectivity index (χ4n) is 2.29. The summed E-state index contributed by atoms with van der Waals surface area (Å²) in [6.45, 7) is 4.20. The minimum Gasteiger partial charge on any atom is -0.396 e. The third-order valence-electron chi connectivity index (χ3n) is 3.22. The number of pyridine rings is 1. The lowest BCUT2D eigenvalue weighted by Gasteiger charge is -2.19. The van der Waals surface area contributed by atoms with Gasteiger partial charge in [0.15, 0.2) is 0 Å². The van der Waals surface area contributed by atoms with Gasteiger partial charge >= 0.3 is 6.18 Å². The minimum atomic E-state index is -4.62. The van der Waals surface area contributed by atoms with Gasteiger partial charge in [-0.15, -0.1) is 0 Å². The molecule has 0 fully saturated rings. The van der Waals surface area contributed by atoms with Crippen LogP contribution in [0.15, 0.2) is 18.3 Å². The van der Waals surface area contributed by atoms with Crippen LogP contribution in [0.3, 0.4) is 0 Å². The maximum atomic E-state index is 12.8. The van der Waals surface area contributed by atoms with E-state index in [0.717, 1.165) is 24.8 Å². The normalized spacial score (nSPS) is 13.2. The Morgan fingerprint density at radius 2 is 2.09 bits per heavy atom. The van der Waals surface area contributed by atoms with Crippen LogP contribution in [-0.2, 0) is 6.18 Å². The number of hydrogen-bond donors (Lipinski definition) is 2. The summed E-state index contributed by atoms with van der Waals surface area (Å²) >= 11 is 0. The van der Waals surface area contributed by atoms with Gasteiger partial charge in [0.2, 0.25) is 0 Å². The van der Waals surface area contributed by atoms with Gasteiger partial charge in [0.05, 0.1) is 5.56 Å². The molecule has 0 aliphatic rings. The number of aromatic nitrogens is 1. The highest BCUT2D eigenvalue weighted by atomic mass is 19.4. The predicted octanol–water partition coefficient (Wildman–Crippen LogP) is 2.87. The topological polar surface area (TPSA) is 62.2 Å². The summed E-state index contributed by atoms with van der Waals surface area (Å²) in [6.07, 6.45) is -2.20. The van der Waals surface area contributed by atoms with Crippen molar-refractivity contribution in [1.29, 1.82) is 0 Å². The fraction of sp³-hybridized carbons (Fsp3) is 0.600. The number of aliphatic hydroxyl groups excluding tert-OH is 1. The van der Waals surface area contributed by atoms with Gasteiger partial charge in [-0.3, -0.25) is 9.78 Å². The Morgan fingerprint density at radius 3 is 2.64 bits per heavy atom. The Morgan fingerprint density at radius 1 is 1.41 bits per heavy atom. The second-order valence-electron chi connectivity index (χ2n) is 5.62. The van der Waals surface area contributed by atoms with Gasteiger partial charge in [0, 0.05) is 19.3 Å². The largest absolute Gasteiger partial charge is 0.418 e. The first-order valence-corrected chi connectivity index (χ1v) is 7.17. The molecule has 0 aromatic carbocycles. The van der Waals surface area contributed by atoms with Crippen LogP contribution in [0.5, 0.6) is 0 Å². The van der Waals surface area contributed by atoms with Gasteiger partial charge in [-0.2, -0.15) is 13.2 Å². The number of hydrogen-bond acceptors (Lipinski definition) is 3. The Balaban J connectivity index is 2.77. The molecule has 0 aliphatic heterocycles. The third kappa shape index (κ3) is 5.63. The Labute approximate surface area is 127 Å². The zero-order valence-corrected chi connectivity index (χ0v) is 12.7. The Bertz CT molecular complexity index is 490. The molecule has 124 valence electrons. The van der Waals surface area contributed by atoms with Crippen LogP contribution in [0.1, 0.15) is 42.7 Å². The molecule has 22 heavy (non-hydrogen) atoms. The number of aliphatic hydroxyl groups is 1. The molecule has 1 amide bonds. The molecule has 0 aliphatic carbocycles. The van der Waals surface area contributed by atoms with E-state index in [-0.39, 0.29) is 19.1 Å². The lowest BCUT2D eigenvalue weighted by atomic mass is 9.94. The number of halogens is 3. The fourth-order valence-corrected chi connectivity index (χ4v) is 2.29. The van der Waals surface area contributed by atoms with E-state index in [2.05, 4.69) is 10.3 Å². The number of carbonyl (C=O) groups is 1. The highest BCUT2D eigenvalue weighted by Crippen LogP contribution is 2.30. The summed E-state index contributed by atoms with van der Waals surface area (Å²) in [5.41, 5.74) is -1.67. The highest BCUT2D eigenvalue weighted by Gasteiger charge is 2.35. The van der Waals surface area contributed by atoms with E-state index >= 15 is 0 Å². The summed E-state index contributed by atoms with van der Waals surface area (Å²) in [5.74, 6) is -0.458. The molecule has 1 aromatic rings. The van der Waals surface area contributed by atoms with Gasteiger partial charge in [0.1, 0.15) is 5.69 Å². The number of rotatable bonds is 7. The molecular weight excluding hydrogens is 297 g/mol. The van der Waals surface area contributed by atoms with E-state index in [1.165, 1.54) is 0 Å². The summed E-state index contributed by atoms with van der Waals surface area (Å²) in [4.78, 5) is 15.5. The smallest absolute Gasteiger partial charge is 0.396 e. The van der Waals surface area contributed by atoms with E-state index in [9.17, 15) is 18.0 Å². The van der Waals surface area contributed by atoms with Crippen molar-refractivity contribution in [2.45, 2.75) is 32.9 Å². The lowest BCUT2D eigenvalue weighted by Crippen LogP contribution is -2.32. The molecule has 0 saturated heterocycles. The first kappa shape index (κ1) is 18.4. The van der Waals surface area contributed by atoms with Gasteiger partial charge in [0.25, 0.3) is 5.91 Å². The SMILES string of the molecule is CC(C)CC(CCO)CNC(=O)c1ncccc1C(F)(F)F. The molecule has 1 atom stereocenters. The molecule has 7 heteroatoms. The van der Waals surface area contributed by atoms with E-state index in [1.807, 2.05) is 13.8 Å². The van der Waals surface area contributed by atoms with Crippen molar-refractivity contribution in [3.05, 3.63) is 29.6 Å². The molecule has 4 nitrogen and oxygen atoms in total. The van der Waals surface area contributed by atoms with Crippen molar-refractivity contribution < 1.29 is 23.1 Å². The lowest BCUT2D eigenvalue weighted by molar-refractivity contribution is -0.138. The van der Waals surface area contributed by atoms with Crippen LogP contribution in [0.4, 0.5) is 13.2 Å². The van der Waals surface area contributed by atoms with Crippen LogP contribution in [0.2, 0.25) is 0 Å². The summed E-state index contributed by atoms with van der Waals surface area (Å²) < 4.78 is 38.5. The molecule has 0 spiro atoms. The van der Waals surface area contributed by atoms with E-state index < -0.39 is 23.3 Å². The molecular formula is C15H21F3N2O2. The van der Waals surface area contributed by atoms with Crippen LogP contribution in [-0.4, -0.2) is 29.1 Å². The zero-order valence-electron chi connectivity index (χ0n) is 12.7. The summed E-state index contributed by atoms with van der Waals surface area (Å²) in [7, 11) is 0. The van der Waals surface area contributed by atoms with Crippen LogP contribution in [0, 0.1) is 11.8 Å². The van der Waals surface area contributed by atoms with Gasteiger partial charge < -0.3 is 10.4 Å². The second-order valence-corrected chi connectivity index (χ2v) is 5.62. The number of nitrogens with one attached hydrogen (secondary N) is 1. The predicted molar refractivity (Wildman–Crippen MR) is 76.2 cm³/mol. The molecule has 1 heterocycles. The van der Waals surface area contributed by atoms with Crippen LogP contribution in [0.25, 0.3) is 0 Å². The molecule has 0 saturated carbocycles. The Kier molecular flexibility index (Phi) is 6.80. The second kappa shape index (κ2) is 8.12. The standard InChI is InChI=1S/C15H21F3N2O2/c1-10(2)8-11(5-7-21)9-20-14(22)13-12(15(16,17)18)4-3-6-19-13/h3-4,6,10-11,21H,5,7-9H2,1-2H3,(H,20,22). The number of carbonyl (C=O) groups excluding carboxylic acids is 1. The number of nitrogens with zero attached hydrogens (tertiary/aromatic N) is 1. The number of amides is 1. The van der Waals surface area contributed by atoms with Gasteiger partial charge in [-0.25, -0.2) is 0 Å². The van der Waals surface area contributed by atoms with Gasteiger partial charge in [-0.1, -0.05) is 13.8 Å². The van der Waals surface area contributed by atoms with Crippen molar-refractivity contribution in [1.82, 2.24) is 10.3 Å². The minimum absolute atomic E-state index is 0.0204. The monoisotopic (exact) mass is 318 g/mol. The highest BCUT2D eigenvalue weighted by molar-refractivity contribution is 5.93. The third-order valence-corrected chi connectivity index (χ3v) is 3.22. The maximum absolute atomic E-state index is 12.8. The summed E-state index contributed by atoms with van der Waals surface area (Å²) in [6, 6.07) is 1.98. The molecule has 1 rings (SSSR count). The van der Waals surface area contributed by atoms with Gasteiger partial charge in [-0.05, 0) is 36.8 Å². The van der Waals surface area contributed by atoms with Crippen LogP contribution >= 0.6 is 0 Å². The van der Waals surface area contributed by atoms with Crippen molar-refractivity contribution in [2.24, 2.45) is 11.8 Å². The molecule has 0 radical (unpaired) electrons. The average molecular weight is 318 g/mol. The molecule has 2 N–H and O–H groups in total. The average Bonchev–Trinajstić information content (AvgIpc) is 2.43. The van der Waals surface area contributed by atoms with Crippen molar-refractivity contribution >= 4 is 5.91 Å². The molecule has 1 unspecified atom stereocenters. The Hall–Kier alpha value is -1.63. The van der Waals surface area contributed by atoms with Crippen molar-refractivity contribution in [3.8, 4) is 0 Å². The maximum Gasteiger partial charge on any atom is 0.418 e. The van der Waals surface area contributed by atoms with E-state index in [0.29, 0.717) is 12.3 Å². The van der Waals surface area contributed by atoms with Crippen molar-refractivity contribution in [2.75, 3.05) is 13.2 Å². The van der Waals surface area contributed by atoms with Crippen molar-refractivity contribution in [3.63, 3.8) is 0 Å².